The van der Waals surface area contributed by atoms with Crippen molar-refractivity contribution in [3.05, 3.63) is 0 Å². The topological polar surface area (TPSA) is 162 Å². The van der Waals surface area contributed by atoms with E-state index in [0.717, 1.165) is 0 Å². The Hall–Kier alpha value is -2.65. The second kappa shape index (κ2) is 9.73. The van der Waals surface area contributed by atoms with Gasteiger partial charge in [0.1, 0.15) is 17.6 Å². The van der Waals surface area contributed by atoms with Gasteiger partial charge in [-0.15, -0.1) is 0 Å². The molecule has 0 spiro atoms. The Morgan fingerprint density at radius 2 is 1.58 bits per heavy atom. The Balaban J connectivity index is 5.33. The maximum atomic E-state index is 12.4. The summed E-state index contributed by atoms with van der Waals surface area (Å²) in [6.45, 7) is 7.36. The third-order valence-electron chi connectivity index (χ3n) is 3.83. The zero-order chi connectivity index (χ0) is 20.7. The first-order valence-corrected chi connectivity index (χ1v) is 8.16. The van der Waals surface area contributed by atoms with Gasteiger partial charge in [0, 0.05) is 6.92 Å². The van der Waals surface area contributed by atoms with Gasteiger partial charge in [0.2, 0.25) is 17.7 Å². The highest BCUT2D eigenvalue weighted by atomic mass is 16.4. The van der Waals surface area contributed by atoms with Gasteiger partial charge in [-0.25, -0.2) is 4.79 Å². The largest absolute Gasteiger partial charge is 0.481 e. The highest BCUT2D eigenvalue weighted by Gasteiger charge is 2.35. The molecule has 10 heteroatoms. The van der Waals surface area contributed by atoms with Gasteiger partial charge in [0.15, 0.2) is 0 Å². The van der Waals surface area contributed by atoms with Crippen molar-refractivity contribution in [2.24, 2.45) is 5.92 Å². The van der Waals surface area contributed by atoms with Crippen LogP contribution in [0.4, 0.5) is 0 Å². The highest BCUT2D eigenvalue weighted by molar-refractivity contribution is 5.96. The Kier molecular flexibility index (Phi) is 8.74. The van der Waals surface area contributed by atoms with E-state index < -0.39 is 59.6 Å². The molecule has 0 unspecified atom stereocenters. The lowest BCUT2D eigenvalue weighted by atomic mass is 9.98. The highest BCUT2D eigenvalue weighted by Crippen LogP contribution is 2.09. The van der Waals surface area contributed by atoms with Crippen LogP contribution in [0.25, 0.3) is 0 Å². The van der Waals surface area contributed by atoms with Crippen molar-refractivity contribution in [1.82, 2.24) is 16.0 Å². The monoisotopic (exact) mass is 373 g/mol. The van der Waals surface area contributed by atoms with Crippen LogP contribution in [0.15, 0.2) is 0 Å². The lowest BCUT2D eigenvalue weighted by molar-refractivity contribution is -0.145. The van der Waals surface area contributed by atoms with Crippen LogP contribution < -0.4 is 16.0 Å². The second-order valence-electron chi connectivity index (χ2n) is 6.64. The fraction of sp³-hybridized carbons (Fsp3) is 0.688. The van der Waals surface area contributed by atoms with E-state index in [1.165, 1.54) is 20.8 Å². The molecule has 0 aliphatic heterocycles. The van der Waals surface area contributed by atoms with Crippen molar-refractivity contribution in [3.63, 3.8) is 0 Å². The van der Waals surface area contributed by atoms with Crippen LogP contribution in [0.5, 0.6) is 0 Å². The summed E-state index contributed by atoms with van der Waals surface area (Å²) in [5, 5.41) is 25.1. The van der Waals surface area contributed by atoms with E-state index in [1.807, 2.05) is 0 Å². The lowest BCUT2D eigenvalue weighted by Crippen LogP contribution is -2.60. The van der Waals surface area contributed by atoms with E-state index in [4.69, 9.17) is 5.11 Å². The van der Waals surface area contributed by atoms with E-state index in [1.54, 1.807) is 13.8 Å². The molecule has 0 aromatic rings. The second-order valence-corrected chi connectivity index (χ2v) is 6.64. The minimum atomic E-state index is -1.49. The molecule has 5 N–H and O–H groups in total. The number of carboxylic acids is 2. The zero-order valence-corrected chi connectivity index (χ0v) is 15.6. The average Bonchev–Trinajstić information content (AvgIpc) is 2.48. The molecule has 0 aliphatic rings. The molecule has 0 rings (SSSR count). The average molecular weight is 373 g/mol. The SMILES string of the molecule is CC[C@H](C)[C@H](NC(=O)[C@H](CC(=O)O)NC(=O)C(C)(C)NC(C)=O)C(=O)O. The van der Waals surface area contributed by atoms with Crippen LogP contribution in [-0.4, -0.2) is 57.5 Å². The van der Waals surface area contributed by atoms with Crippen LogP contribution >= 0.6 is 0 Å². The number of hydrogen-bond acceptors (Lipinski definition) is 5. The van der Waals surface area contributed by atoms with Gasteiger partial charge >= 0.3 is 11.9 Å². The molecule has 10 nitrogen and oxygen atoms in total. The molecular formula is C16H27N3O7. The number of carbonyl (C=O) groups excluding carboxylic acids is 3. The molecule has 0 heterocycles. The molecule has 0 saturated carbocycles. The van der Waals surface area contributed by atoms with Gasteiger partial charge in [0.05, 0.1) is 6.42 Å². The summed E-state index contributed by atoms with van der Waals surface area (Å²) in [5.41, 5.74) is -1.38. The molecule has 26 heavy (non-hydrogen) atoms. The fourth-order valence-corrected chi connectivity index (χ4v) is 2.16. The first-order valence-electron chi connectivity index (χ1n) is 8.16. The summed E-state index contributed by atoms with van der Waals surface area (Å²) >= 11 is 0. The normalized spacial score (nSPS) is 14.5. The molecule has 0 fully saturated rings. The quantitative estimate of drug-likeness (QED) is 0.344. The van der Waals surface area contributed by atoms with Gasteiger partial charge < -0.3 is 26.2 Å². The van der Waals surface area contributed by atoms with Crippen molar-refractivity contribution in [1.29, 1.82) is 0 Å². The molecule has 0 saturated heterocycles. The maximum absolute atomic E-state index is 12.4. The zero-order valence-electron chi connectivity index (χ0n) is 15.6. The minimum absolute atomic E-state index is 0.395. The van der Waals surface area contributed by atoms with E-state index in [2.05, 4.69) is 16.0 Å². The number of amides is 3. The summed E-state index contributed by atoms with van der Waals surface area (Å²) in [6.07, 6.45) is -0.261. The number of rotatable bonds is 10. The number of nitrogens with one attached hydrogen (secondary N) is 3. The molecule has 148 valence electrons. The molecule has 0 radical (unpaired) electrons. The number of carboxylic acid groups (broad SMARTS) is 2. The molecule has 0 aromatic carbocycles. The number of hydrogen-bond donors (Lipinski definition) is 5. The number of carbonyl (C=O) groups is 5. The smallest absolute Gasteiger partial charge is 0.326 e. The predicted octanol–water partition coefficient (Wildman–Crippen LogP) is -0.524. The first kappa shape index (κ1) is 23.4. The third-order valence-corrected chi connectivity index (χ3v) is 3.83. The van der Waals surface area contributed by atoms with Crippen LogP contribution in [0.3, 0.4) is 0 Å². The van der Waals surface area contributed by atoms with Crippen molar-refractivity contribution < 1.29 is 34.2 Å². The molecule has 3 amide bonds. The van der Waals surface area contributed by atoms with Crippen LogP contribution in [0, 0.1) is 5.92 Å². The minimum Gasteiger partial charge on any atom is -0.481 e. The van der Waals surface area contributed by atoms with E-state index in [0.29, 0.717) is 6.42 Å². The maximum Gasteiger partial charge on any atom is 0.326 e. The fourth-order valence-electron chi connectivity index (χ4n) is 2.16. The van der Waals surface area contributed by atoms with Gasteiger partial charge in [-0.1, -0.05) is 20.3 Å². The summed E-state index contributed by atoms with van der Waals surface area (Å²) in [6, 6.07) is -2.71. The molecule has 3 atom stereocenters. The molecular weight excluding hydrogens is 346 g/mol. The molecule has 0 bridgehead atoms. The summed E-state index contributed by atoms with van der Waals surface area (Å²) in [5.74, 6) is -5.18. The van der Waals surface area contributed by atoms with Gasteiger partial charge in [-0.2, -0.15) is 0 Å². The van der Waals surface area contributed by atoms with Crippen LogP contribution in [-0.2, 0) is 24.0 Å². The van der Waals surface area contributed by atoms with Crippen molar-refractivity contribution in [3.8, 4) is 0 Å². The van der Waals surface area contributed by atoms with Crippen LogP contribution in [0.2, 0.25) is 0 Å². The third kappa shape index (κ3) is 7.49. The molecule has 0 aromatic heterocycles. The van der Waals surface area contributed by atoms with E-state index >= 15 is 0 Å². The first-order chi connectivity index (χ1) is 11.8. The summed E-state index contributed by atoms with van der Waals surface area (Å²) < 4.78 is 0. The van der Waals surface area contributed by atoms with Crippen molar-refractivity contribution in [2.75, 3.05) is 0 Å². The van der Waals surface area contributed by atoms with E-state index in [-0.39, 0.29) is 0 Å². The molecule has 0 aliphatic carbocycles. The van der Waals surface area contributed by atoms with E-state index in [9.17, 15) is 29.1 Å². The summed E-state index contributed by atoms with van der Waals surface area (Å²) in [4.78, 5) is 58.1. The Labute approximate surface area is 151 Å². The number of aliphatic carboxylic acids is 2. The van der Waals surface area contributed by atoms with Gasteiger partial charge in [-0.3, -0.25) is 19.2 Å². The Morgan fingerprint density at radius 1 is 1.04 bits per heavy atom. The predicted molar refractivity (Wildman–Crippen MR) is 91.1 cm³/mol. The van der Waals surface area contributed by atoms with Crippen LogP contribution in [0.1, 0.15) is 47.5 Å². The van der Waals surface area contributed by atoms with Gasteiger partial charge in [-0.05, 0) is 19.8 Å². The Bertz CT molecular complexity index is 574. The van der Waals surface area contributed by atoms with Crippen molar-refractivity contribution in [2.45, 2.75) is 65.1 Å². The van der Waals surface area contributed by atoms with Gasteiger partial charge in [0.25, 0.3) is 0 Å². The summed E-state index contributed by atoms with van der Waals surface area (Å²) in [7, 11) is 0. The van der Waals surface area contributed by atoms with Crippen molar-refractivity contribution >= 4 is 29.7 Å². The standard InChI is InChI=1S/C16H27N3O7/c1-6-8(2)12(14(24)25)18-13(23)10(7-11(21)22)17-15(26)16(4,5)19-9(3)20/h8,10,12H,6-7H2,1-5H3,(H,17,26)(H,18,23)(H,19,20)(H,21,22)(H,24,25)/t8-,10-,12-/m0/s1. The Morgan fingerprint density at radius 3 is 1.96 bits per heavy atom. The lowest BCUT2D eigenvalue weighted by Gasteiger charge is -2.28.